The van der Waals surface area contributed by atoms with Crippen LogP contribution in [0, 0.1) is 13.8 Å². The predicted octanol–water partition coefficient (Wildman–Crippen LogP) is 2.72. The standard InChI is InChI=1S/C20H24N4O2S/c1-14-15(2)27-19-18(14)20(26)24(13-22-19)12-17(25)21-10-7-11-23(3)16-8-5-4-6-9-16/h4-6,8-9,13H,7,10-12H2,1-3H3,(H,21,25). The van der Waals surface area contributed by atoms with Crippen LogP contribution >= 0.6 is 11.3 Å². The van der Waals surface area contributed by atoms with E-state index >= 15 is 0 Å². The first-order valence-electron chi connectivity index (χ1n) is 8.95. The lowest BCUT2D eigenvalue weighted by Gasteiger charge is -2.19. The molecule has 0 unspecified atom stereocenters. The second-order valence-corrected chi connectivity index (χ2v) is 7.80. The van der Waals surface area contributed by atoms with Crippen LogP contribution in [0.25, 0.3) is 10.2 Å². The number of nitrogens with zero attached hydrogens (tertiary/aromatic N) is 3. The van der Waals surface area contributed by atoms with Crippen molar-refractivity contribution in [2.24, 2.45) is 0 Å². The van der Waals surface area contributed by atoms with E-state index in [0.29, 0.717) is 11.9 Å². The number of fused-ring (bicyclic) bond motifs is 1. The summed E-state index contributed by atoms with van der Waals surface area (Å²) in [5.74, 6) is -0.176. The number of aromatic nitrogens is 2. The number of rotatable bonds is 7. The van der Waals surface area contributed by atoms with Crippen molar-refractivity contribution in [3.63, 3.8) is 0 Å². The third kappa shape index (κ3) is 4.36. The summed E-state index contributed by atoms with van der Waals surface area (Å²) in [6.07, 6.45) is 2.29. The molecule has 0 spiro atoms. The molecule has 0 atom stereocenters. The number of nitrogens with one attached hydrogen (secondary N) is 1. The summed E-state index contributed by atoms with van der Waals surface area (Å²) in [5, 5.41) is 3.51. The van der Waals surface area contributed by atoms with E-state index in [-0.39, 0.29) is 18.0 Å². The van der Waals surface area contributed by atoms with E-state index in [1.807, 2.05) is 39.1 Å². The molecule has 3 rings (SSSR count). The van der Waals surface area contributed by atoms with Crippen molar-refractivity contribution in [3.05, 3.63) is 57.5 Å². The number of carbonyl (C=O) groups excluding carboxylic acids is 1. The van der Waals surface area contributed by atoms with Crippen LogP contribution in [-0.4, -0.2) is 35.6 Å². The van der Waals surface area contributed by atoms with Crippen LogP contribution in [0.15, 0.2) is 41.5 Å². The van der Waals surface area contributed by atoms with E-state index in [9.17, 15) is 9.59 Å². The monoisotopic (exact) mass is 384 g/mol. The van der Waals surface area contributed by atoms with Crippen LogP contribution in [-0.2, 0) is 11.3 Å². The first-order valence-corrected chi connectivity index (χ1v) is 9.77. The normalized spacial score (nSPS) is 10.9. The zero-order valence-electron chi connectivity index (χ0n) is 15.9. The Morgan fingerprint density at radius 2 is 2.00 bits per heavy atom. The molecule has 0 aliphatic rings. The number of amides is 1. The van der Waals surface area contributed by atoms with Crippen molar-refractivity contribution in [1.82, 2.24) is 14.9 Å². The van der Waals surface area contributed by atoms with Gasteiger partial charge < -0.3 is 10.2 Å². The van der Waals surface area contributed by atoms with Crippen molar-refractivity contribution >= 4 is 33.1 Å². The first-order chi connectivity index (χ1) is 13.0. The maximum atomic E-state index is 12.6. The highest BCUT2D eigenvalue weighted by atomic mass is 32.1. The molecule has 0 fully saturated rings. The summed E-state index contributed by atoms with van der Waals surface area (Å²) < 4.78 is 1.38. The quantitative estimate of drug-likeness (QED) is 0.636. The van der Waals surface area contributed by atoms with Crippen molar-refractivity contribution in [3.8, 4) is 0 Å². The van der Waals surface area contributed by atoms with Crippen LogP contribution in [0.3, 0.4) is 0 Å². The summed E-state index contributed by atoms with van der Waals surface area (Å²) in [6.45, 7) is 5.29. The van der Waals surface area contributed by atoms with E-state index in [0.717, 1.165) is 33.9 Å². The van der Waals surface area contributed by atoms with Gasteiger partial charge in [-0.15, -0.1) is 11.3 Å². The van der Waals surface area contributed by atoms with E-state index in [4.69, 9.17) is 0 Å². The summed E-state index contributed by atoms with van der Waals surface area (Å²) >= 11 is 1.51. The number of para-hydroxylation sites is 1. The highest BCUT2D eigenvalue weighted by Crippen LogP contribution is 2.25. The number of hydrogen-bond acceptors (Lipinski definition) is 5. The first kappa shape index (κ1) is 19.1. The number of thiophene rings is 1. The van der Waals surface area contributed by atoms with Gasteiger partial charge in [-0.2, -0.15) is 0 Å². The minimum absolute atomic E-state index is 0.00929. The molecule has 3 aromatic rings. The maximum absolute atomic E-state index is 12.6. The molecule has 142 valence electrons. The second-order valence-electron chi connectivity index (χ2n) is 6.60. The smallest absolute Gasteiger partial charge is 0.262 e. The lowest BCUT2D eigenvalue weighted by molar-refractivity contribution is -0.121. The molecule has 6 nitrogen and oxygen atoms in total. The second kappa shape index (κ2) is 8.35. The molecule has 0 radical (unpaired) electrons. The fourth-order valence-corrected chi connectivity index (χ4v) is 3.94. The zero-order chi connectivity index (χ0) is 19.4. The Labute approximate surface area is 162 Å². The Morgan fingerprint density at radius 1 is 1.26 bits per heavy atom. The number of benzene rings is 1. The Hall–Kier alpha value is -2.67. The Kier molecular flexibility index (Phi) is 5.91. The molecule has 27 heavy (non-hydrogen) atoms. The number of carbonyl (C=O) groups is 1. The summed E-state index contributed by atoms with van der Waals surface area (Å²) in [7, 11) is 2.03. The molecule has 0 aliphatic heterocycles. The lowest BCUT2D eigenvalue weighted by Crippen LogP contribution is -2.34. The molecule has 7 heteroatoms. The SMILES string of the molecule is Cc1sc2ncn(CC(=O)NCCCN(C)c3ccccc3)c(=O)c2c1C. The van der Waals surface area contributed by atoms with Gasteiger partial charge in [0.2, 0.25) is 5.91 Å². The molecule has 0 saturated carbocycles. The fraction of sp³-hybridized carbons (Fsp3) is 0.350. The highest BCUT2D eigenvalue weighted by Gasteiger charge is 2.13. The van der Waals surface area contributed by atoms with Gasteiger partial charge in [0.1, 0.15) is 11.4 Å². The molecule has 2 heterocycles. The molecule has 2 aromatic heterocycles. The van der Waals surface area contributed by atoms with Gasteiger partial charge in [0.15, 0.2) is 0 Å². The van der Waals surface area contributed by atoms with Gasteiger partial charge in [0, 0.05) is 30.7 Å². The van der Waals surface area contributed by atoms with E-state index in [2.05, 4.69) is 27.3 Å². The van der Waals surface area contributed by atoms with Gasteiger partial charge in [-0.1, -0.05) is 18.2 Å². The lowest BCUT2D eigenvalue weighted by atomic mass is 10.2. The molecule has 0 saturated heterocycles. The van der Waals surface area contributed by atoms with Crippen LogP contribution in [0.2, 0.25) is 0 Å². The molecule has 1 amide bonds. The molecular formula is C20H24N4O2S. The van der Waals surface area contributed by atoms with Gasteiger partial charge in [0.25, 0.3) is 5.56 Å². The Bertz CT molecular complexity index is 994. The zero-order valence-corrected chi connectivity index (χ0v) is 16.7. The molecule has 0 aliphatic carbocycles. The molecular weight excluding hydrogens is 360 g/mol. The van der Waals surface area contributed by atoms with Gasteiger partial charge in [-0.05, 0) is 38.0 Å². The number of aryl methyl sites for hydroxylation is 2. The van der Waals surface area contributed by atoms with Crippen LogP contribution in [0.5, 0.6) is 0 Å². The number of anilines is 1. The average Bonchev–Trinajstić information content (AvgIpc) is 2.96. The minimum Gasteiger partial charge on any atom is -0.375 e. The van der Waals surface area contributed by atoms with Gasteiger partial charge in [-0.25, -0.2) is 4.98 Å². The molecule has 1 N–H and O–H groups in total. The highest BCUT2D eigenvalue weighted by molar-refractivity contribution is 7.18. The van der Waals surface area contributed by atoms with Crippen LogP contribution < -0.4 is 15.8 Å². The maximum Gasteiger partial charge on any atom is 0.262 e. The van der Waals surface area contributed by atoms with Crippen molar-refractivity contribution in [1.29, 1.82) is 0 Å². The van der Waals surface area contributed by atoms with E-state index < -0.39 is 0 Å². The largest absolute Gasteiger partial charge is 0.375 e. The summed E-state index contributed by atoms with van der Waals surface area (Å²) in [4.78, 5) is 33.1. The molecule has 1 aromatic carbocycles. The summed E-state index contributed by atoms with van der Waals surface area (Å²) in [5.41, 5.74) is 1.95. The van der Waals surface area contributed by atoms with Gasteiger partial charge in [0.05, 0.1) is 11.7 Å². The van der Waals surface area contributed by atoms with Crippen LogP contribution in [0.4, 0.5) is 5.69 Å². The molecule has 0 bridgehead atoms. The van der Waals surface area contributed by atoms with E-state index in [1.165, 1.54) is 22.2 Å². The van der Waals surface area contributed by atoms with Gasteiger partial charge >= 0.3 is 0 Å². The van der Waals surface area contributed by atoms with Crippen molar-refractivity contribution in [2.75, 3.05) is 25.0 Å². The Morgan fingerprint density at radius 3 is 2.74 bits per heavy atom. The van der Waals surface area contributed by atoms with Gasteiger partial charge in [-0.3, -0.25) is 14.2 Å². The topological polar surface area (TPSA) is 67.2 Å². The third-order valence-electron chi connectivity index (χ3n) is 4.66. The number of hydrogen-bond donors (Lipinski definition) is 1. The minimum atomic E-state index is -0.176. The third-order valence-corrected chi connectivity index (χ3v) is 5.77. The van der Waals surface area contributed by atoms with Crippen LogP contribution in [0.1, 0.15) is 16.9 Å². The summed E-state index contributed by atoms with van der Waals surface area (Å²) in [6, 6.07) is 10.1. The van der Waals surface area contributed by atoms with Crippen molar-refractivity contribution in [2.45, 2.75) is 26.8 Å². The van der Waals surface area contributed by atoms with E-state index in [1.54, 1.807) is 0 Å². The Balaban J connectivity index is 1.52. The predicted molar refractivity (Wildman–Crippen MR) is 111 cm³/mol. The van der Waals surface area contributed by atoms with Crippen molar-refractivity contribution < 1.29 is 4.79 Å². The fourth-order valence-electron chi connectivity index (χ4n) is 2.95. The average molecular weight is 385 g/mol.